The number of tetrazole rings is 1. The lowest BCUT2D eigenvalue weighted by Crippen LogP contribution is -2.27. The van der Waals surface area contributed by atoms with Crippen molar-refractivity contribution >= 4 is 17.3 Å². The highest BCUT2D eigenvalue weighted by Crippen LogP contribution is 2.36. The van der Waals surface area contributed by atoms with E-state index in [0.717, 1.165) is 11.4 Å². The van der Waals surface area contributed by atoms with Crippen molar-refractivity contribution in [3.05, 3.63) is 29.5 Å². The maximum Gasteiger partial charge on any atom is 0.143 e. The smallest absolute Gasteiger partial charge is 0.143 e. The van der Waals surface area contributed by atoms with Gasteiger partial charge < -0.3 is 10.1 Å². The molecule has 0 saturated heterocycles. The van der Waals surface area contributed by atoms with Gasteiger partial charge in [0.05, 0.1) is 29.0 Å². The summed E-state index contributed by atoms with van der Waals surface area (Å²) >= 11 is 6.26. The van der Waals surface area contributed by atoms with Crippen LogP contribution in [0.1, 0.15) is 12.8 Å². The molecular formula is C13H16ClN5O. The highest BCUT2D eigenvalue weighted by Gasteiger charge is 2.31. The first-order valence-corrected chi connectivity index (χ1v) is 6.94. The Hall–Kier alpha value is -1.66. The number of nitrogens with one attached hydrogen (secondary N) is 1. The SMILES string of the molecule is COCC(Nc1cc(-n2cnnn2)ccc1Cl)C1CC1. The first-order chi connectivity index (χ1) is 9.78. The monoisotopic (exact) mass is 293 g/mol. The molecule has 1 aromatic heterocycles. The number of halogens is 1. The Morgan fingerprint density at radius 1 is 1.50 bits per heavy atom. The van der Waals surface area contributed by atoms with Crippen LogP contribution in [0.4, 0.5) is 5.69 Å². The molecule has 0 bridgehead atoms. The Kier molecular flexibility index (Phi) is 3.84. The lowest BCUT2D eigenvalue weighted by atomic mass is 10.1. The minimum Gasteiger partial charge on any atom is -0.383 e. The zero-order valence-electron chi connectivity index (χ0n) is 11.2. The molecule has 1 aromatic carbocycles. The summed E-state index contributed by atoms with van der Waals surface area (Å²) in [7, 11) is 1.72. The van der Waals surface area contributed by atoms with Gasteiger partial charge in [0.1, 0.15) is 6.33 Å². The topological polar surface area (TPSA) is 64.9 Å². The van der Waals surface area contributed by atoms with Gasteiger partial charge >= 0.3 is 0 Å². The number of benzene rings is 1. The average Bonchev–Trinajstić information content (AvgIpc) is 3.15. The van der Waals surface area contributed by atoms with Crippen LogP contribution >= 0.6 is 11.6 Å². The van der Waals surface area contributed by atoms with Gasteiger partial charge in [-0.05, 0) is 47.4 Å². The van der Waals surface area contributed by atoms with Gasteiger partial charge in [0.15, 0.2) is 0 Å². The summed E-state index contributed by atoms with van der Waals surface area (Å²) in [5.74, 6) is 0.669. The van der Waals surface area contributed by atoms with Crippen molar-refractivity contribution in [3.8, 4) is 5.69 Å². The largest absolute Gasteiger partial charge is 0.383 e. The van der Waals surface area contributed by atoms with Crippen LogP contribution in [-0.2, 0) is 4.74 Å². The minimum atomic E-state index is 0.293. The summed E-state index contributed by atoms with van der Waals surface area (Å²) in [6, 6.07) is 5.97. The molecule has 0 aliphatic heterocycles. The van der Waals surface area contributed by atoms with E-state index in [2.05, 4.69) is 20.8 Å². The van der Waals surface area contributed by atoms with Gasteiger partial charge in [-0.15, -0.1) is 5.10 Å². The van der Waals surface area contributed by atoms with Crippen LogP contribution in [-0.4, -0.2) is 40.0 Å². The van der Waals surface area contributed by atoms with Crippen molar-refractivity contribution in [2.75, 3.05) is 19.0 Å². The number of hydrogen-bond acceptors (Lipinski definition) is 5. The summed E-state index contributed by atoms with van der Waals surface area (Å²) in [5, 5.41) is 15.3. The second-order valence-electron chi connectivity index (χ2n) is 4.96. The summed E-state index contributed by atoms with van der Waals surface area (Å²) in [4.78, 5) is 0. The van der Waals surface area contributed by atoms with Crippen LogP contribution in [0.15, 0.2) is 24.5 Å². The molecule has 1 aliphatic carbocycles. The lowest BCUT2D eigenvalue weighted by Gasteiger charge is -2.20. The van der Waals surface area contributed by atoms with Gasteiger partial charge in [0.25, 0.3) is 0 Å². The number of ether oxygens (including phenoxy) is 1. The number of rotatable bonds is 6. The third-order valence-electron chi connectivity index (χ3n) is 3.44. The Labute approximate surface area is 122 Å². The third kappa shape index (κ3) is 2.91. The molecule has 2 aromatic rings. The number of hydrogen-bond donors (Lipinski definition) is 1. The second-order valence-corrected chi connectivity index (χ2v) is 5.37. The molecule has 20 heavy (non-hydrogen) atoms. The molecule has 1 saturated carbocycles. The van der Waals surface area contributed by atoms with E-state index in [9.17, 15) is 0 Å². The second kappa shape index (κ2) is 5.76. The predicted molar refractivity (Wildman–Crippen MR) is 76.2 cm³/mol. The number of aromatic nitrogens is 4. The Morgan fingerprint density at radius 2 is 2.35 bits per heavy atom. The first-order valence-electron chi connectivity index (χ1n) is 6.56. The molecule has 1 unspecified atom stereocenters. The quantitative estimate of drug-likeness (QED) is 0.884. The molecule has 1 heterocycles. The zero-order chi connectivity index (χ0) is 13.9. The van der Waals surface area contributed by atoms with E-state index in [-0.39, 0.29) is 0 Å². The van der Waals surface area contributed by atoms with Crippen LogP contribution in [0.2, 0.25) is 5.02 Å². The van der Waals surface area contributed by atoms with Gasteiger partial charge in [-0.25, -0.2) is 4.68 Å². The molecule has 7 heteroatoms. The van der Waals surface area contributed by atoms with Gasteiger partial charge in [0.2, 0.25) is 0 Å². The first kappa shape index (κ1) is 13.3. The molecule has 6 nitrogen and oxygen atoms in total. The van der Waals surface area contributed by atoms with Crippen LogP contribution in [0.5, 0.6) is 0 Å². The Bertz CT molecular complexity index is 570. The van der Waals surface area contributed by atoms with E-state index in [1.165, 1.54) is 12.8 Å². The van der Waals surface area contributed by atoms with E-state index in [1.54, 1.807) is 18.1 Å². The van der Waals surface area contributed by atoms with Crippen molar-refractivity contribution in [2.45, 2.75) is 18.9 Å². The highest BCUT2D eigenvalue weighted by molar-refractivity contribution is 6.33. The van der Waals surface area contributed by atoms with Crippen molar-refractivity contribution in [3.63, 3.8) is 0 Å². The number of methoxy groups -OCH3 is 1. The number of anilines is 1. The molecule has 1 N–H and O–H groups in total. The molecule has 3 rings (SSSR count). The Morgan fingerprint density at radius 3 is 3.00 bits per heavy atom. The third-order valence-corrected chi connectivity index (χ3v) is 3.77. The maximum absolute atomic E-state index is 6.26. The van der Waals surface area contributed by atoms with Crippen molar-refractivity contribution in [2.24, 2.45) is 5.92 Å². The molecule has 0 radical (unpaired) electrons. The summed E-state index contributed by atoms with van der Waals surface area (Å²) < 4.78 is 6.88. The summed E-state index contributed by atoms with van der Waals surface area (Å²) in [6.07, 6.45) is 4.04. The molecule has 1 fully saturated rings. The molecule has 0 spiro atoms. The van der Waals surface area contributed by atoms with E-state index in [0.29, 0.717) is 23.6 Å². The average molecular weight is 294 g/mol. The standard InChI is InChI=1S/C13H16ClN5O/c1-20-7-13(9-2-3-9)16-12-6-10(4-5-11(12)14)19-8-15-17-18-19/h4-6,8-9,13,16H,2-3,7H2,1H3. The van der Waals surface area contributed by atoms with Crippen LogP contribution in [0.25, 0.3) is 5.69 Å². The van der Waals surface area contributed by atoms with Crippen LogP contribution < -0.4 is 5.32 Å². The fourth-order valence-electron chi connectivity index (χ4n) is 2.22. The van der Waals surface area contributed by atoms with E-state index in [1.807, 2.05) is 18.2 Å². The van der Waals surface area contributed by atoms with Gasteiger partial charge in [-0.3, -0.25) is 0 Å². The van der Waals surface area contributed by atoms with Crippen LogP contribution in [0, 0.1) is 5.92 Å². The van der Waals surface area contributed by atoms with Gasteiger partial charge in [-0.1, -0.05) is 11.6 Å². The normalized spacial score (nSPS) is 16.1. The molecular weight excluding hydrogens is 278 g/mol. The molecule has 0 amide bonds. The van der Waals surface area contributed by atoms with E-state index < -0.39 is 0 Å². The Balaban J connectivity index is 1.82. The predicted octanol–water partition coefficient (Wildman–Crippen LogP) is 2.15. The van der Waals surface area contributed by atoms with Crippen molar-refractivity contribution in [1.29, 1.82) is 0 Å². The highest BCUT2D eigenvalue weighted by atomic mass is 35.5. The summed E-state index contributed by atoms with van der Waals surface area (Å²) in [5.41, 5.74) is 1.75. The fraction of sp³-hybridized carbons (Fsp3) is 0.462. The van der Waals surface area contributed by atoms with Gasteiger partial charge in [-0.2, -0.15) is 0 Å². The molecule has 1 aliphatic rings. The molecule has 106 valence electrons. The minimum absolute atomic E-state index is 0.293. The van der Waals surface area contributed by atoms with Gasteiger partial charge in [0, 0.05) is 7.11 Å². The zero-order valence-corrected chi connectivity index (χ0v) is 11.9. The summed E-state index contributed by atoms with van der Waals surface area (Å²) in [6.45, 7) is 0.677. The van der Waals surface area contributed by atoms with Crippen molar-refractivity contribution in [1.82, 2.24) is 20.2 Å². The fourth-order valence-corrected chi connectivity index (χ4v) is 2.39. The van der Waals surface area contributed by atoms with E-state index in [4.69, 9.17) is 16.3 Å². The van der Waals surface area contributed by atoms with Crippen molar-refractivity contribution < 1.29 is 4.74 Å². The maximum atomic E-state index is 6.26. The van der Waals surface area contributed by atoms with E-state index >= 15 is 0 Å². The molecule has 1 atom stereocenters. The number of nitrogens with zero attached hydrogens (tertiary/aromatic N) is 4. The lowest BCUT2D eigenvalue weighted by molar-refractivity contribution is 0.179. The van der Waals surface area contributed by atoms with Crippen LogP contribution in [0.3, 0.4) is 0 Å².